The molecule has 20 heavy (non-hydrogen) atoms. The van der Waals surface area contributed by atoms with E-state index < -0.39 is 0 Å². The van der Waals surface area contributed by atoms with Crippen LogP contribution in [0.15, 0.2) is 10.2 Å². The molecule has 1 aliphatic carbocycles. The summed E-state index contributed by atoms with van der Waals surface area (Å²) in [5.74, 6) is 0. The lowest BCUT2D eigenvalue weighted by Gasteiger charge is -2.11. The average Bonchev–Trinajstić information content (AvgIpc) is 3.06. The van der Waals surface area contributed by atoms with Gasteiger partial charge in [-0.05, 0) is 48.9 Å². The van der Waals surface area contributed by atoms with Crippen LogP contribution in [0, 0.1) is 13.8 Å². The molecule has 0 aromatic carbocycles. The molecule has 0 bridgehead atoms. The average molecular weight is 311 g/mol. The van der Waals surface area contributed by atoms with Gasteiger partial charge in [-0.25, -0.2) is 14.6 Å². The normalized spacial score (nSPS) is 15.9. The molecule has 0 spiro atoms. The Hall–Kier alpha value is -1.21. The second kappa shape index (κ2) is 5.65. The fourth-order valence-corrected chi connectivity index (χ4v) is 3.46. The van der Waals surface area contributed by atoms with Crippen LogP contribution in [0.2, 0.25) is 5.15 Å². The maximum atomic E-state index is 6.16. The summed E-state index contributed by atoms with van der Waals surface area (Å²) in [5.41, 5.74) is 1.71. The molecule has 106 valence electrons. The Labute approximate surface area is 126 Å². The van der Waals surface area contributed by atoms with Gasteiger partial charge in [0.15, 0.2) is 5.15 Å². The molecule has 2 aromatic rings. The molecule has 1 aliphatic rings. The summed E-state index contributed by atoms with van der Waals surface area (Å²) in [5, 5.41) is 13.8. The van der Waals surface area contributed by atoms with Gasteiger partial charge in [-0.1, -0.05) is 24.4 Å². The van der Waals surface area contributed by atoms with Crippen LogP contribution in [0.25, 0.3) is 0 Å². The predicted octanol–water partition coefficient (Wildman–Crippen LogP) is 3.00. The van der Waals surface area contributed by atoms with Gasteiger partial charge in [0, 0.05) is 0 Å². The van der Waals surface area contributed by atoms with E-state index in [1.54, 1.807) is 0 Å². The third-order valence-electron chi connectivity index (χ3n) is 3.56. The first-order chi connectivity index (χ1) is 9.65. The van der Waals surface area contributed by atoms with Crippen LogP contribution in [0.5, 0.6) is 0 Å². The summed E-state index contributed by atoms with van der Waals surface area (Å²) in [6.07, 6.45) is 4.73. The maximum Gasteiger partial charge on any atom is 0.215 e. The molecule has 2 aromatic heterocycles. The Balaban J connectivity index is 1.88. The van der Waals surface area contributed by atoms with E-state index in [0.29, 0.717) is 16.2 Å². The van der Waals surface area contributed by atoms with Crippen molar-refractivity contribution in [3.63, 3.8) is 0 Å². The summed E-state index contributed by atoms with van der Waals surface area (Å²) < 4.78 is 1.89. The van der Waals surface area contributed by atoms with Gasteiger partial charge in [0.05, 0.1) is 17.4 Å². The number of nitrogens with zero attached hydrogens (tertiary/aromatic N) is 6. The topological polar surface area (TPSA) is 69.4 Å². The number of hydrogen-bond acceptors (Lipinski definition) is 6. The molecule has 0 aliphatic heterocycles. The van der Waals surface area contributed by atoms with E-state index >= 15 is 0 Å². The summed E-state index contributed by atoms with van der Waals surface area (Å²) >= 11 is 7.54. The largest absolute Gasteiger partial charge is 0.241 e. The van der Waals surface area contributed by atoms with Crippen molar-refractivity contribution in [2.45, 2.75) is 55.8 Å². The number of halogens is 1. The van der Waals surface area contributed by atoms with Crippen molar-refractivity contribution in [3.05, 3.63) is 16.5 Å². The van der Waals surface area contributed by atoms with E-state index in [9.17, 15) is 0 Å². The molecule has 0 radical (unpaired) electrons. The van der Waals surface area contributed by atoms with E-state index in [1.807, 2.05) is 18.5 Å². The highest BCUT2D eigenvalue weighted by molar-refractivity contribution is 7.99. The highest BCUT2D eigenvalue weighted by Gasteiger charge is 2.23. The van der Waals surface area contributed by atoms with Crippen LogP contribution in [-0.4, -0.2) is 30.2 Å². The van der Waals surface area contributed by atoms with Crippen LogP contribution in [0.4, 0.5) is 0 Å². The standard InChI is InChI=1S/C12H15ClN6S/c1-7-8(2)15-11(10(13)14-7)20-12-16-17-18-19(12)9-5-3-4-6-9/h9H,3-6H2,1-2H3. The first-order valence-corrected chi connectivity index (χ1v) is 7.81. The van der Waals surface area contributed by atoms with Crippen LogP contribution in [-0.2, 0) is 0 Å². The second-order valence-electron chi connectivity index (χ2n) is 4.94. The van der Waals surface area contributed by atoms with Crippen LogP contribution >= 0.6 is 23.4 Å². The molecular weight excluding hydrogens is 296 g/mol. The number of hydrogen-bond donors (Lipinski definition) is 0. The van der Waals surface area contributed by atoms with Gasteiger partial charge in [-0.2, -0.15) is 0 Å². The zero-order chi connectivity index (χ0) is 14.1. The van der Waals surface area contributed by atoms with Crippen molar-refractivity contribution >= 4 is 23.4 Å². The third-order valence-corrected chi connectivity index (χ3v) is 4.86. The Morgan fingerprint density at radius 1 is 1.15 bits per heavy atom. The van der Waals surface area contributed by atoms with Crippen molar-refractivity contribution in [2.75, 3.05) is 0 Å². The minimum absolute atomic E-state index is 0.394. The van der Waals surface area contributed by atoms with Crippen molar-refractivity contribution in [2.24, 2.45) is 0 Å². The van der Waals surface area contributed by atoms with Crippen molar-refractivity contribution in [1.29, 1.82) is 0 Å². The van der Waals surface area contributed by atoms with Crippen LogP contribution in [0.1, 0.15) is 43.1 Å². The monoisotopic (exact) mass is 310 g/mol. The minimum atomic E-state index is 0.394. The first-order valence-electron chi connectivity index (χ1n) is 6.61. The van der Waals surface area contributed by atoms with Gasteiger partial charge in [0.1, 0.15) is 5.03 Å². The Morgan fingerprint density at radius 2 is 1.85 bits per heavy atom. The molecule has 0 N–H and O–H groups in total. The molecule has 0 saturated heterocycles. The summed E-state index contributed by atoms with van der Waals surface area (Å²) in [6, 6.07) is 0.394. The SMILES string of the molecule is Cc1nc(Cl)c(Sc2nnnn2C2CCCC2)nc1C. The van der Waals surface area contributed by atoms with E-state index in [0.717, 1.165) is 29.4 Å². The van der Waals surface area contributed by atoms with Gasteiger partial charge < -0.3 is 0 Å². The quantitative estimate of drug-likeness (QED) is 0.868. The predicted molar refractivity (Wildman–Crippen MR) is 76.0 cm³/mol. The molecule has 2 heterocycles. The highest BCUT2D eigenvalue weighted by atomic mass is 35.5. The molecule has 1 saturated carbocycles. The molecule has 0 unspecified atom stereocenters. The molecule has 1 fully saturated rings. The Morgan fingerprint density at radius 3 is 2.60 bits per heavy atom. The zero-order valence-electron chi connectivity index (χ0n) is 11.4. The lowest BCUT2D eigenvalue weighted by atomic mass is 10.3. The molecule has 0 amide bonds. The van der Waals surface area contributed by atoms with Gasteiger partial charge >= 0.3 is 0 Å². The summed E-state index contributed by atoms with van der Waals surface area (Å²) in [6.45, 7) is 3.81. The summed E-state index contributed by atoms with van der Waals surface area (Å²) in [7, 11) is 0. The fraction of sp³-hybridized carbons (Fsp3) is 0.583. The van der Waals surface area contributed by atoms with Crippen LogP contribution < -0.4 is 0 Å². The van der Waals surface area contributed by atoms with E-state index in [2.05, 4.69) is 25.5 Å². The van der Waals surface area contributed by atoms with Crippen molar-refractivity contribution in [1.82, 2.24) is 30.2 Å². The lowest BCUT2D eigenvalue weighted by molar-refractivity contribution is 0.423. The van der Waals surface area contributed by atoms with Gasteiger partial charge in [-0.15, -0.1) is 5.10 Å². The van der Waals surface area contributed by atoms with Gasteiger partial charge in [-0.3, -0.25) is 0 Å². The first kappa shape index (κ1) is 13.8. The molecule has 0 atom stereocenters. The highest BCUT2D eigenvalue weighted by Crippen LogP contribution is 2.35. The second-order valence-corrected chi connectivity index (χ2v) is 6.25. The van der Waals surface area contributed by atoms with E-state index in [-0.39, 0.29) is 0 Å². The smallest absolute Gasteiger partial charge is 0.215 e. The van der Waals surface area contributed by atoms with Crippen LogP contribution in [0.3, 0.4) is 0 Å². The lowest BCUT2D eigenvalue weighted by Crippen LogP contribution is -2.08. The number of aryl methyl sites for hydroxylation is 2. The van der Waals surface area contributed by atoms with Crippen molar-refractivity contribution in [3.8, 4) is 0 Å². The Bertz CT molecular complexity index is 622. The molecule has 6 nitrogen and oxygen atoms in total. The Kier molecular flexibility index (Phi) is 3.89. The molecule has 8 heteroatoms. The van der Waals surface area contributed by atoms with Gasteiger partial charge in [0.25, 0.3) is 0 Å². The number of aromatic nitrogens is 6. The summed E-state index contributed by atoms with van der Waals surface area (Å²) in [4.78, 5) is 8.76. The van der Waals surface area contributed by atoms with Crippen molar-refractivity contribution < 1.29 is 0 Å². The number of rotatable bonds is 3. The van der Waals surface area contributed by atoms with E-state index in [1.165, 1.54) is 24.6 Å². The maximum absolute atomic E-state index is 6.16. The van der Waals surface area contributed by atoms with E-state index in [4.69, 9.17) is 11.6 Å². The third kappa shape index (κ3) is 2.64. The molecule has 3 rings (SSSR count). The van der Waals surface area contributed by atoms with Gasteiger partial charge in [0.2, 0.25) is 5.16 Å². The molecular formula is C12H15ClN6S. The fourth-order valence-electron chi connectivity index (χ4n) is 2.34. The number of tetrazole rings is 1. The minimum Gasteiger partial charge on any atom is -0.241 e. The zero-order valence-corrected chi connectivity index (χ0v) is 12.9.